The zero-order valence-corrected chi connectivity index (χ0v) is 18.1. The number of hydrogen-bond donors (Lipinski definition) is 2. The Morgan fingerprint density at radius 3 is 2.52 bits per heavy atom. The third-order valence-corrected chi connectivity index (χ3v) is 4.81. The Morgan fingerprint density at radius 2 is 1.76 bits per heavy atom. The molecule has 0 aliphatic carbocycles. The molecule has 4 aromatic rings. The molecule has 166 valence electrons. The van der Waals surface area contributed by atoms with Gasteiger partial charge in [-0.05, 0) is 60.7 Å². The van der Waals surface area contributed by atoms with E-state index in [4.69, 9.17) is 4.74 Å². The predicted octanol–water partition coefficient (Wildman–Crippen LogP) is 3.55. The van der Waals surface area contributed by atoms with E-state index in [9.17, 15) is 9.59 Å². The molecule has 4 rings (SSSR count). The quantitative estimate of drug-likeness (QED) is 0.453. The molecule has 0 bridgehead atoms. The topological polar surface area (TPSA) is 111 Å². The van der Waals surface area contributed by atoms with Crippen LogP contribution in [-0.2, 0) is 11.3 Å². The minimum Gasteiger partial charge on any atom is -0.497 e. The smallest absolute Gasteiger partial charge is 0.255 e. The summed E-state index contributed by atoms with van der Waals surface area (Å²) in [6.07, 6.45) is 0. The highest BCUT2D eigenvalue weighted by Gasteiger charge is 2.15. The third-order valence-electron chi connectivity index (χ3n) is 4.81. The molecule has 0 saturated heterocycles. The fraction of sp³-hybridized carbons (Fsp3) is 0.125. The third kappa shape index (κ3) is 5.40. The van der Waals surface area contributed by atoms with Gasteiger partial charge in [0, 0.05) is 16.8 Å². The van der Waals surface area contributed by atoms with Gasteiger partial charge in [-0.15, -0.1) is 10.2 Å². The van der Waals surface area contributed by atoms with Crippen molar-refractivity contribution in [1.82, 2.24) is 20.2 Å². The van der Waals surface area contributed by atoms with Crippen LogP contribution in [0.4, 0.5) is 11.4 Å². The highest BCUT2D eigenvalue weighted by molar-refractivity contribution is 6.06. The minimum atomic E-state index is -0.301. The van der Waals surface area contributed by atoms with Crippen molar-refractivity contribution in [2.24, 2.45) is 0 Å². The SMILES string of the molecule is COc1ccc(NC(=O)Cn2nnc(-c3ccccc3NC(=O)c3cccc(C)c3)n2)cc1. The number of para-hydroxylation sites is 1. The maximum Gasteiger partial charge on any atom is 0.255 e. The van der Waals surface area contributed by atoms with Gasteiger partial charge in [-0.25, -0.2) is 0 Å². The van der Waals surface area contributed by atoms with Crippen LogP contribution in [0.2, 0.25) is 0 Å². The maximum atomic E-state index is 12.7. The van der Waals surface area contributed by atoms with Crippen LogP contribution in [0, 0.1) is 6.92 Å². The minimum absolute atomic E-state index is 0.114. The summed E-state index contributed by atoms with van der Waals surface area (Å²) in [7, 11) is 1.58. The fourth-order valence-electron chi connectivity index (χ4n) is 3.19. The molecule has 0 fully saturated rings. The Balaban J connectivity index is 1.46. The number of anilines is 2. The number of benzene rings is 3. The van der Waals surface area contributed by atoms with Crippen LogP contribution < -0.4 is 15.4 Å². The molecule has 0 atom stereocenters. The van der Waals surface area contributed by atoms with Crippen LogP contribution in [0.25, 0.3) is 11.4 Å². The number of nitrogens with zero attached hydrogens (tertiary/aromatic N) is 4. The molecule has 1 heterocycles. The second-order valence-electron chi connectivity index (χ2n) is 7.29. The number of methoxy groups -OCH3 is 1. The molecule has 0 radical (unpaired) electrons. The van der Waals surface area contributed by atoms with Crippen molar-refractivity contribution in [2.45, 2.75) is 13.5 Å². The molecule has 0 saturated carbocycles. The van der Waals surface area contributed by atoms with Gasteiger partial charge in [0.2, 0.25) is 11.7 Å². The summed E-state index contributed by atoms with van der Waals surface area (Å²) in [6, 6.07) is 21.5. The molecule has 0 aliphatic heterocycles. The zero-order valence-electron chi connectivity index (χ0n) is 18.1. The monoisotopic (exact) mass is 442 g/mol. The molecule has 3 aromatic carbocycles. The Labute approximate surface area is 190 Å². The molecule has 2 N–H and O–H groups in total. The van der Waals surface area contributed by atoms with Gasteiger partial charge in [0.25, 0.3) is 5.91 Å². The number of aryl methyl sites for hydroxylation is 1. The van der Waals surface area contributed by atoms with Crippen molar-refractivity contribution in [1.29, 1.82) is 0 Å². The maximum absolute atomic E-state index is 12.7. The van der Waals surface area contributed by atoms with Crippen molar-refractivity contribution < 1.29 is 14.3 Å². The second kappa shape index (κ2) is 9.73. The van der Waals surface area contributed by atoms with Crippen LogP contribution in [-0.4, -0.2) is 39.1 Å². The van der Waals surface area contributed by atoms with Crippen molar-refractivity contribution in [3.8, 4) is 17.1 Å². The Kier molecular flexibility index (Phi) is 6.40. The largest absolute Gasteiger partial charge is 0.497 e. The summed E-state index contributed by atoms with van der Waals surface area (Å²) < 4.78 is 5.11. The number of amides is 2. The lowest BCUT2D eigenvalue weighted by atomic mass is 10.1. The average molecular weight is 442 g/mol. The Bertz CT molecular complexity index is 1280. The molecule has 0 aliphatic rings. The fourth-order valence-corrected chi connectivity index (χ4v) is 3.19. The molecule has 9 nitrogen and oxygen atoms in total. The second-order valence-corrected chi connectivity index (χ2v) is 7.29. The van der Waals surface area contributed by atoms with Crippen molar-refractivity contribution in [3.63, 3.8) is 0 Å². The van der Waals surface area contributed by atoms with Gasteiger partial charge in [0.1, 0.15) is 12.3 Å². The Morgan fingerprint density at radius 1 is 0.970 bits per heavy atom. The highest BCUT2D eigenvalue weighted by atomic mass is 16.5. The van der Waals surface area contributed by atoms with Crippen LogP contribution in [0.1, 0.15) is 15.9 Å². The van der Waals surface area contributed by atoms with Gasteiger partial charge in [0.05, 0.1) is 12.8 Å². The molecular weight excluding hydrogens is 420 g/mol. The molecular formula is C24H22N6O3. The van der Waals surface area contributed by atoms with E-state index >= 15 is 0 Å². The van der Waals surface area contributed by atoms with Crippen LogP contribution in [0.5, 0.6) is 5.75 Å². The number of aromatic nitrogens is 4. The molecule has 0 unspecified atom stereocenters. The van der Waals surface area contributed by atoms with Crippen molar-refractivity contribution >= 4 is 23.2 Å². The average Bonchev–Trinajstić information content (AvgIpc) is 3.28. The van der Waals surface area contributed by atoms with Crippen LogP contribution in [0.3, 0.4) is 0 Å². The van der Waals surface area contributed by atoms with Crippen LogP contribution in [0.15, 0.2) is 72.8 Å². The number of nitrogens with one attached hydrogen (secondary N) is 2. The molecule has 2 amide bonds. The number of carbonyl (C=O) groups is 2. The van der Waals surface area contributed by atoms with Crippen molar-refractivity contribution in [3.05, 3.63) is 83.9 Å². The predicted molar refractivity (Wildman–Crippen MR) is 124 cm³/mol. The Hall–Kier alpha value is -4.53. The van der Waals surface area contributed by atoms with E-state index in [-0.39, 0.29) is 18.4 Å². The number of carbonyl (C=O) groups excluding carboxylic acids is 2. The molecule has 33 heavy (non-hydrogen) atoms. The molecule has 9 heteroatoms. The van der Waals surface area contributed by atoms with E-state index in [0.717, 1.165) is 5.56 Å². The molecule has 0 spiro atoms. The summed E-state index contributed by atoms with van der Waals surface area (Å²) in [4.78, 5) is 26.2. The number of hydrogen-bond acceptors (Lipinski definition) is 6. The van der Waals surface area contributed by atoms with E-state index in [1.807, 2.05) is 37.3 Å². The van der Waals surface area contributed by atoms with E-state index < -0.39 is 0 Å². The lowest BCUT2D eigenvalue weighted by Gasteiger charge is -2.09. The van der Waals surface area contributed by atoms with E-state index in [2.05, 4.69) is 26.0 Å². The van der Waals surface area contributed by atoms with Gasteiger partial charge in [0.15, 0.2) is 0 Å². The normalized spacial score (nSPS) is 10.5. The lowest BCUT2D eigenvalue weighted by Crippen LogP contribution is -2.20. The van der Waals surface area contributed by atoms with Crippen LogP contribution >= 0.6 is 0 Å². The first-order valence-corrected chi connectivity index (χ1v) is 10.2. The summed E-state index contributed by atoms with van der Waals surface area (Å²) in [5, 5.41) is 18.0. The standard InChI is InChI=1S/C24H22N6O3/c1-16-6-5-7-17(14-16)24(32)26-21-9-4-3-8-20(21)23-27-29-30(28-23)15-22(31)25-18-10-12-19(33-2)13-11-18/h3-14H,15H2,1-2H3,(H,25,31)(H,26,32). The highest BCUT2D eigenvalue weighted by Crippen LogP contribution is 2.25. The summed E-state index contributed by atoms with van der Waals surface area (Å²) in [5.41, 5.74) is 3.32. The first kappa shape index (κ1) is 21.7. The summed E-state index contributed by atoms with van der Waals surface area (Å²) in [6.45, 7) is 1.81. The first-order chi connectivity index (χ1) is 16.0. The summed E-state index contributed by atoms with van der Waals surface area (Å²) in [5.74, 6) is 0.457. The van der Waals surface area contributed by atoms with Gasteiger partial charge in [-0.2, -0.15) is 4.80 Å². The zero-order chi connectivity index (χ0) is 23.2. The van der Waals surface area contributed by atoms with E-state index in [0.29, 0.717) is 34.1 Å². The lowest BCUT2D eigenvalue weighted by molar-refractivity contribution is -0.117. The van der Waals surface area contributed by atoms with E-state index in [1.165, 1.54) is 4.80 Å². The van der Waals surface area contributed by atoms with Gasteiger partial charge in [-0.1, -0.05) is 29.8 Å². The first-order valence-electron chi connectivity index (χ1n) is 10.2. The number of ether oxygens (including phenoxy) is 1. The van der Waals surface area contributed by atoms with Crippen molar-refractivity contribution in [2.75, 3.05) is 17.7 Å². The van der Waals surface area contributed by atoms with Gasteiger partial charge in [-0.3, -0.25) is 9.59 Å². The molecule has 1 aromatic heterocycles. The number of rotatable bonds is 7. The van der Waals surface area contributed by atoms with Gasteiger partial charge < -0.3 is 15.4 Å². The number of tetrazole rings is 1. The van der Waals surface area contributed by atoms with Gasteiger partial charge >= 0.3 is 0 Å². The summed E-state index contributed by atoms with van der Waals surface area (Å²) >= 11 is 0. The van der Waals surface area contributed by atoms with E-state index in [1.54, 1.807) is 49.6 Å².